The van der Waals surface area contributed by atoms with E-state index in [2.05, 4.69) is 17.3 Å². The number of alkyl halides is 3. The number of carbonyl (C=O) groups is 1. The first-order valence-corrected chi connectivity index (χ1v) is 8.88. The van der Waals surface area contributed by atoms with Gasteiger partial charge in [-0.3, -0.25) is 9.48 Å². The number of benzene rings is 1. The standard InChI is InChI=1S/C19H24F3N3O2/c1-4-5-9-27-15-8-6-7-14(10-15)11-23-18(26)16-12-24-25(13(2)3)17(16)19(20,21)22/h6-8,10,12-13H,4-5,9,11H2,1-3H3,(H,23,26). The summed E-state index contributed by atoms with van der Waals surface area (Å²) in [6, 6.07) is 6.60. The summed E-state index contributed by atoms with van der Waals surface area (Å²) in [6.45, 7) is 5.90. The molecule has 148 valence electrons. The fourth-order valence-corrected chi connectivity index (χ4v) is 2.56. The average Bonchev–Trinajstić information content (AvgIpc) is 3.06. The van der Waals surface area contributed by atoms with Crippen molar-refractivity contribution in [3.05, 3.63) is 47.3 Å². The number of amides is 1. The van der Waals surface area contributed by atoms with E-state index in [9.17, 15) is 18.0 Å². The van der Waals surface area contributed by atoms with Crippen LogP contribution in [0.25, 0.3) is 0 Å². The largest absolute Gasteiger partial charge is 0.494 e. The number of ether oxygens (including phenoxy) is 1. The molecule has 1 N–H and O–H groups in total. The fraction of sp³-hybridized carbons (Fsp3) is 0.474. The highest BCUT2D eigenvalue weighted by Crippen LogP contribution is 2.33. The van der Waals surface area contributed by atoms with Gasteiger partial charge in [-0.15, -0.1) is 0 Å². The summed E-state index contributed by atoms with van der Waals surface area (Å²) in [7, 11) is 0. The third-order valence-corrected chi connectivity index (χ3v) is 3.92. The van der Waals surface area contributed by atoms with Gasteiger partial charge in [0.2, 0.25) is 0 Å². The lowest BCUT2D eigenvalue weighted by Crippen LogP contribution is -2.27. The maximum atomic E-state index is 13.4. The van der Waals surface area contributed by atoms with Gasteiger partial charge >= 0.3 is 6.18 Å². The Labute approximate surface area is 156 Å². The second kappa shape index (κ2) is 8.92. The highest BCUT2D eigenvalue weighted by Gasteiger charge is 2.40. The van der Waals surface area contributed by atoms with E-state index in [0.29, 0.717) is 12.4 Å². The Morgan fingerprint density at radius 1 is 1.33 bits per heavy atom. The van der Waals surface area contributed by atoms with Crippen LogP contribution >= 0.6 is 0 Å². The zero-order valence-corrected chi connectivity index (χ0v) is 15.6. The summed E-state index contributed by atoms with van der Waals surface area (Å²) >= 11 is 0. The number of halogens is 3. The van der Waals surface area contributed by atoms with Crippen LogP contribution in [-0.4, -0.2) is 22.3 Å². The number of rotatable bonds is 8. The number of carbonyl (C=O) groups excluding carboxylic acids is 1. The van der Waals surface area contributed by atoms with E-state index >= 15 is 0 Å². The van der Waals surface area contributed by atoms with E-state index in [0.717, 1.165) is 29.3 Å². The van der Waals surface area contributed by atoms with Gasteiger partial charge in [0.15, 0.2) is 5.69 Å². The molecule has 2 aromatic rings. The Morgan fingerprint density at radius 2 is 2.07 bits per heavy atom. The van der Waals surface area contributed by atoms with Gasteiger partial charge in [0.25, 0.3) is 5.91 Å². The van der Waals surface area contributed by atoms with Crippen molar-refractivity contribution < 1.29 is 22.7 Å². The second-order valence-corrected chi connectivity index (χ2v) is 6.48. The highest BCUT2D eigenvalue weighted by molar-refractivity contribution is 5.95. The van der Waals surface area contributed by atoms with Crippen molar-refractivity contribution in [2.24, 2.45) is 0 Å². The van der Waals surface area contributed by atoms with Crippen molar-refractivity contribution >= 4 is 5.91 Å². The molecule has 2 rings (SSSR count). The number of nitrogens with zero attached hydrogens (tertiary/aromatic N) is 2. The molecule has 0 spiro atoms. The summed E-state index contributed by atoms with van der Waals surface area (Å²) < 4.78 is 46.5. The zero-order valence-electron chi connectivity index (χ0n) is 15.6. The Hall–Kier alpha value is -2.51. The average molecular weight is 383 g/mol. The van der Waals surface area contributed by atoms with Crippen LogP contribution in [0.5, 0.6) is 5.75 Å². The predicted molar refractivity (Wildman–Crippen MR) is 95.6 cm³/mol. The molecule has 0 atom stereocenters. The molecule has 27 heavy (non-hydrogen) atoms. The third kappa shape index (κ3) is 5.48. The minimum absolute atomic E-state index is 0.0912. The van der Waals surface area contributed by atoms with Gasteiger partial charge < -0.3 is 10.1 Å². The first kappa shape index (κ1) is 20.8. The SMILES string of the molecule is CCCCOc1cccc(CNC(=O)c2cnn(C(C)C)c2C(F)(F)F)c1. The molecule has 0 saturated carbocycles. The quantitative estimate of drug-likeness (QED) is 0.678. The van der Waals surface area contributed by atoms with Crippen molar-refractivity contribution in [3.63, 3.8) is 0 Å². The molecule has 5 nitrogen and oxygen atoms in total. The fourth-order valence-electron chi connectivity index (χ4n) is 2.56. The van der Waals surface area contributed by atoms with Crippen molar-refractivity contribution in [2.75, 3.05) is 6.61 Å². The summed E-state index contributed by atoms with van der Waals surface area (Å²) in [5, 5.41) is 6.26. The lowest BCUT2D eigenvalue weighted by Gasteiger charge is -2.15. The van der Waals surface area contributed by atoms with Crippen LogP contribution in [0, 0.1) is 0 Å². The van der Waals surface area contributed by atoms with Crippen LogP contribution in [0.3, 0.4) is 0 Å². The third-order valence-electron chi connectivity index (χ3n) is 3.92. The topological polar surface area (TPSA) is 56.1 Å². The molecule has 1 aromatic carbocycles. The maximum Gasteiger partial charge on any atom is 0.433 e. The first-order chi connectivity index (χ1) is 12.7. The normalized spacial score (nSPS) is 11.7. The van der Waals surface area contributed by atoms with E-state index in [1.54, 1.807) is 38.1 Å². The minimum Gasteiger partial charge on any atom is -0.494 e. The van der Waals surface area contributed by atoms with Crippen LogP contribution in [0.1, 0.15) is 61.3 Å². The van der Waals surface area contributed by atoms with E-state index in [4.69, 9.17) is 4.74 Å². The molecular weight excluding hydrogens is 359 g/mol. The van der Waals surface area contributed by atoms with Gasteiger partial charge in [0, 0.05) is 12.6 Å². The Morgan fingerprint density at radius 3 is 2.70 bits per heavy atom. The first-order valence-electron chi connectivity index (χ1n) is 8.88. The van der Waals surface area contributed by atoms with E-state index in [1.165, 1.54) is 0 Å². The molecule has 1 aromatic heterocycles. The number of hydrogen-bond acceptors (Lipinski definition) is 3. The molecule has 0 unspecified atom stereocenters. The van der Waals surface area contributed by atoms with Gasteiger partial charge in [-0.05, 0) is 38.0 Å². The number of hydrogen-bond donors (Lipinski definition) is 1. The molecule has 0 fully saturated rings. The van der Waals surface area contributed by atoms with Gasteiger partial charge in [-0.25, -0.2) is 0 Å². The Kier molecular flexibility index (Phi) is 6.87. The molecule has 1 amide bonds. The van der Waals surface area contributed by atoms with Gasteiger partial charge in [0.1, 0.15) is 5.75 Å². The van der Waals surface area contributed by atoms with E-state index in [1.807, 2.05) is 0 Å². The van der Waals surface area contributed by atoms with Crippen molar-refractivity contribution in [1.82, 2.24) is 15.1 Å². The minimum atomic E-state index is -4.67. The van der Waals surface area contributed by atoms with Crippen molar-refractivity contribution in [3.8, 4) is 5.75 Å². The molecule has 0 saturated heterocycles. The lowest BCUT2D eigenvalue weighted by molar-refractivity contribution is -0.145. The highest BCUT2D eigenvalue weighted by atomic mass is 19.4. The molecule has 1 heterocycles. The van der Waals surface area contributed by atoms with Gasteiger partial charge in [-0.1, -0.05) is 25.5 Å². The molecule has 0 aliphatic carbocycles. The summed E-state index contributed by atoms with van der Waals surface area (Å²) in [4.78, 5) is 12.3. The molecule has 0 aliphatic rings. The van der Waals surface area contributed by atoms with Crippen LogP contribution in [-0.2, 0) is 12.7 Å². The van der Waals surface area contributed by atoms with Crippen molar-refractivity contribution in [1.29, 1.82) is 0 Å². The lowest BCUT2D eigenvalue weighted by atomic mass is 10.2. The number of unbranched alkanes of at least 4 members (excludes halogenated alkanes) is 1. The van der Waals surface area contributed by atoms with Gasteiger partial charge in [-0.2, -0.15) is 18.3 Å². The van der Waals surface area contributed by atoms with Gasteiger partial charge in [0.05, 0.1) is 18.4 Å². The smallest absolute Gasteiger partial charge is 0.433 e. The number of nitrogens with one attached hydrogen (secondary N) is 1. The monoisotopic (exact) mass is 383 g/mol. The molecular formula is C19H24F3N3O2. The number of aromatic nitrogens is 2. The zero-order chi connectivity index (χ0) is 20.0. The Balaban J connectivity index is 2.09. The van der Waals surface area contributed by atoms with E-state index in [-0.39, 0.29) is 6.54 Å². The molecule has 0 aliphatic heterocycles. The summed E-state index contributed by atoms with van der Waals surface area (Å²) in [6.07, 6.45) is -1.76. The molecule has 8 heteroatoms. The van der Waals surface area contributed by atoms with Crippen LogP contribution in [0.15, 0.2) is 30.5 Å². The Bertz CT molecular complexity index is 770. The summed E-state index contributed by atoms with van der Waals surface area (Å²) in [5.74, 6) is -0.148. The molecule has 0 bridgehead atoms. The molecule has 0 radical (unpaired) electrons. The van der Waals surface area contributed by atoms with Crippen LogP contribution in [0.4, 0.5) is 13.2 Å². The predicted octanol–water partition coefficient (Wildman–Crippen LogP) is 4.59. The van der Waals surface area contributed by atoms with Crippen LogP contribution < -0.4 is 10.1 Å². The maximum absolute atomic E-state index is 13.4. The van der Waals surface area contributed by atoms with Crippen LogP contribution in [0.2, 0.25) is 0 Å². The van der Waals surface area contributed by atoms with E-state index < -0.39 is 29.4 Å². The van der Waals surface area contributed by atoms with Crippen molar-refractivity contribution in [2.45, 2.75) is 52.4 Å². The summed E-state index contributed by atoms with van der Waals surface area (Å²) in [5.41, 5.74) is -0.777. The second-order valence-electron chi connectivity index (χ2n) is 6.48.